The minimum Gasteiger partial charge on any atom is -0.462 e. The zero-order chi connectivity index (χ0) is 51.4. The Morgan fingerprint density at radius 3 is 0.873 bits per heavy atom. The molecule has 0 amide bonds. The monoisotopic (exact) mass is 991 g/mol. The maximum atomic E-state index is 12.9. The Morgan fingerprint density at radius 2 is 0.549 bits per heavy atom. The molecule has 0 saturated carbocycles. The molecule has 0 rings (SSSR count). The van der Waals surface area contributed by atoms with Crippen molar-refractivity contribution in [3.8, 4) is 0 Å². The van der Waals surface area contributed by atoms with E-state index < -0.39 is 6.10 Å². The van der Waals surface area contributed by atoms with E-state index in [4.69, 9.17) is 14.2 Å². The molecule has 0 heterocycles. The molecule has 0 aliphatic carbocycles. The molecule has 0 aromatic rings. The number of carbonyl (C=O) groups excluding carboxylic acids is 3. The molecule has 0 aliphatic rings. The van der Waals surface area contributed by atoms with Gasteiger partial charge >= 0.3 is 17.9 Å². The summed E-state index contributed by atoms with van der Waals surface area (Å²) in [7, 11) is 0. The summed E-state index contributed by atoms with van der Waals surface area (Å²) in [6, 6.07) is 0. The molecule has 0 bridgehead atoms. The molecule has 0 radical (unpaired) electrons. The first kappa shape index (κ1) is 67.8. The molecule has 410 valence electrons. The fraction of sp³-hybridized carbons (Fsp3) is 0.769. The van der Waals surface area contributed by atoms with Crippen LogP contribution in [0.25, 0.3) is 0 Å². The lowest BCUT2D eigenvalue weighted by Gasteiger charge is -2.18. The third-order valence-electron chi connectivity index (χ3n) is 13.2. The lowest BCUT2D eigenvalue weighted by atomic mass is 10.0. The van der Waals surface area contributed by atoms with Crippen molar-refractivity contribution in [3.05, 3.63) is 72.9 Å². The zero-order valence-electron chi connectivity index (χ0n) is 47.0. The second-order valence-corrected chi connectivity index (χ2v) is 20.2. The van der Waals surface area contributed by atoms with E-state index in [1.807, 2.05) is 0 Å². The zero-order valence-corrected chi connectivity index (χ0v) is 47.0. The molecule has 0 aromatic carbocycles. The third kappa shape index (κ3) is 57.6. The van der Waals surface area contributed by atoms with Crippen molar-refractivity contribution in [1.29, 1.82) is 0 Å². The summed E-state index contributed by atoms with van der Waals surface area (Å²) in [6.07, 6.45) is 76.1. The predicted molar refractivity (Wildman–Crippen MR) is 307 cm³/mol. The SMILES string of the molecule is CC/C=C\C/C=C\C/C=C\C/C=C\C/C=C\CCCCCCCCCC(=O)OCC(COC(=O)CCCCCCC/C=C\CCCCCCC)OC(=O)CCCCCCCCCCCCCCCCCC. The van der Waals surface area contributed by atoms with Gasteiger partial charge in [0.2, 0.25) is 0 Å². The summed E-state index contributed by atoms with van der Waals surface area (Å²) >= 11 is 0. The van der Waals surface area contributed by atoms with Gasteiger partial charge in [0.15, 0.2) is 6.10 Å². The topological polar surface area (TPSA) is 78.9 Å². The Labute approximate surface area is 440 Å². The summed E-state index contributed by atoms with van der Waals surface area (Å²) in [6.45, 7) is 6.53. The standard InChI is InChI=1S/C65H114O6/c1-4-7-10-13-16-19-22-25-28-30-31-32-33-34-35-36-38-40-43-46-49-52-55-58-64(67)70-61-62(60-69-63(66)57-54-51-48-45-42-39-27-24-21-18-15-12-9-6-3)71-65(68)59-56-53-50-47-44-41-37-29-26-23-20-17-14-11-8-5-2/h7,10,16,19,24-25,27-28,31-32,34-35,62H,4-6,8-9,11-15,17-18,20-23,26,29-30,33,36-61H2,1-3H3/b10-7-,19-16-,27-24-,28-25-,32-31-,35-34-. The van der Waals surface area contributed by atoms with E-state index >= 15 is 0 Å². The van der Waals surface area contributed by atoms with Crippen LogP contribution >= 0.6 is 0 Å². The summed E-state index contributed by atoms with van der Waals surface area (Å²) in [5.41, 5.74) is 0. The van der Waals surface area contributed by atoms with E-state index in [1.54, 1.807) is 0 Å². The largest absolute Gasteiger partial charge is 0.462 e. The highest BCUT2D eigenvalue weighted by atomic mass is 16.6. The van der Waals surface area contributed by atoms with Crippen LogP contribution in [0.3, 0.4) is 0 Å². The Hall–Kier alpha value is -3.15. The molecular weight excluding hydrogens is 877 g/mol. The van der Waals surface area contributed by atoms with E-state index in [9.17, 15) is 14.4 Å². The van der Waals surface area contributed by atoms with Gasteiger partial charge in [-0.25, -0.2) is 0 Å². The van der Waals surface area contributed by atoms with E-state index in [1.165, 1.54) is 161 Å². The van der Waals surface area contributed by atoms with Gasteiger partial charge in [0.25, 0.3) is 0 Å². The molecule has 6 heteroatoms. The van der Waals surface area contributed by atoms with Crippen LogP contribution < -0.4 is 0 Å². The Kier molecular flexibility index (Phi) is 56.8. The molecule has 0 N–H and O–H groups in total. The molecule has 6 nitrogen and oxygen atoms in total. The van der Waals surface area contributed by atoms with Crippen molar-refractivity contribution in [1.82, 2.24) is 0 Å². The van der Waals surface area contributed by atoms with E-state index in [2.05, 4.69) is 93.7 Å². The van der Waals surface area contributed by atoms with Gasteiger partial charge in [-0.05, 0) is 89.9 Å². The maximum absolute atomic E-state index is 12.9. The Bertz CT molecular complexity index is 1320. The molecular formula is C65H114O6. The fourth-order valence-electron chi connectivity index (χ4n) is 8.64. The molecule has 1 unspecified atom stereocenters. The maximum Gasteiger partial charge on any atom is 0.306 e. The number of hydrogen-bond donors (Lipinski definition) is 0. The highest BCUT2D eigenvalue weighted by Crippen LogP contribution is 2.16. The summed E-state index contributed by atoms with van der Waals surface area (Å²) in [5.74, 6) is -0.886. The van der Waals surface area contributed by atoms with Gasteiger partial charge in [0.05, 0.1) is 0 Å². The third-order valence-corrected chi connectivity index (χ3v) is 13.2. The average molecular weight is 992 g/mol. The van der Waals surface area contributed by atoms with Crippen molar-refractivity contribution in [3.63, 3.8) is 0 Å². The molecule has 0 aliphatic heterocycles. The minimum atomic E-state index is -0.782. The molecule has 0 fully saturated rings. The number of allylic oxidation sites excluding steroid dienone is 12. The smallest absolute Gasteiger partial charge is 0.306 e. The van der Waals surface area contributed by atoms with Crippen LogP contribution in [0.2, 0.25) is 0 Å². The van der Waals surface area contributed by atoms with Crippen LogP contribution in [0.15, 0.2) is 72.9 Å². The first-order chi connectivity index (χ1) is 35.0. The van der Waals surface area contributed by atoms with Crippen LogP contribution in [0.4, 0.5) is 0 Å². The fourth-order valence-corrected chi connectivity index (χ4v) is 8.64. The van der Waals surface area contributed by atoms with Gasteiger partial charge in [-0.3, -0.25) is 14.4 Å². The van der Waals surface area contributed by atoms with Gasteiger partial charge in [0.1, 0.15) is 13.2 Å². The summed E-state index contributed by atoms with van der Waals surface area (Å²) in [4.78, 5) is 38.2. The number of rotatable bonds is 55. The van der Waals surface area contributed by atoms with E-state index in [-0.39, 0.29) is 31.1 Å². The Morgan fingerprint density at radius 1 is 0.296 bits per heavy atom. The van der Waals surface area contributed by atoms with Gasteiger partial charge in [-0.15, -0.1) is 0 Å². The highest BCUT2D eigenvalue weighted by molar-refractivity contribution is 5.71. The minimum absolute atomic E-state index is 0.0805. The molecule has 0 saturated heterocycles. The normalized spacial score (nSPS) is 12.5. The number of esters is 3. The van der Waals surface area contributed by atoms with Crippen molar-refractivity contribution >= 4 is 17.9 Å². The lowest BCUT2D eigenvalue weighted by Crippen LogP contribution is -2.30. The lowest BCUT2D eigenvalue weighted by molar-refractivity contribution is -0.167. The van der Waals surface area contributed by atoms with Gasteiger partial charge in [-0.2, -0.15) is 0 Å². The highest BCUT2D eigenvalue weighted by Gasteiger charge is 2.19. The number of unbranched alkanes of at least 4 members (excludes halogenated alkanes) is 32. The predicted octanol–water partition coefficient (Wildman–Crippen LogP) is 20.5. The van der Waals surface area contributed by atoms with Crippen LogP contribution in [0.5, 0.6) is 0 Å². The van der Waals surface area contributed by atoms with Crippen molar-refractivity contribution in [2.45, 2.75) is 309 Å². The van der Waals surface area contributed by atoms with Crippen molar-refractivity contribution in [2.75, 3.05) is 13.2 Å². The second-order valence-electron chi connectivity index (χ2n) is 20.2. The first-order valence-electron chi connectivity index (χ1n) is 30.4. The first-order valence-corrected chi connectivity index (χ1v) is 30.4. The molecule has 71 heavy (non-hydrogen) atoms. The average Bonchev–Trinajstić information content (AvgIpc) is 3.37. The second kappa shape index (κ2) is 59.4. The van der Waals surface area contributed by atoms with Gasteiger partial charge in [0, 0.05) is 19.3 Å². The molecule has 1 atom stereocenters. The summed E-state index contributed by atoms with van der Waals surface area (Å²) < 4.78 is 16.9. The molecule has 0 aromatic heterocycles. The van der Waals surface area contributed by atoms with E-state index in [0.29, 0.717) is 19.3 Å². The van der Waals surface area contributed by atoms with Crippen LogP contribution in [0.1, 0.15) is 303 Å². The Balaban J connectivity index is 4.36. The number of carbonyl (C=O) groups is 3. The number of hydrogen-bond acceptors (Lipinski definition) is 6. The van der Waals surface area contributed by atoms with Crippen LogP contribution in [-0.2, 0) is 28.6 Å². The molecule has 0 spiro atoms. The van der Waals surface area contributed by atoms with Gasteiger partial charge in [-0.1, -0.05) is 267 Å². The quantitative estimate of drug-likeness (QED) is 0.0261. The summed E-state index contributed by atoms with van der Waals surface area (Å²) in [5, 5.41) is 0. The van der Waals surface area contributed by atoms with Crippen molar-refractivity contribution in [2.24, 2.45) is 0 Å². The van der Waals surface area contributed by atoms with E-state index in [0.717, 1.165) is 103 Å². The van der Waals surface area contributed by atoms with Gasteiger partial charge < -0.3 is 14.2 Å². The van der Waals surface area contributed by atoms with Crippen molar-refractivity contribution < 1.29 is 28.6 Å². The van der Waals surface area contributed by atoms with Crippen LogP contribution in [0, 0.1) is 0 Å². The van der Waals surface area contributed by atoms with Crippen LogP contribution in [-0.4, -0.2) is 37.2 Å². The number of ether oxygens (including phenoxy) is 3.